The molecule has 19 heavy (non-hydrogen) atoms. The number of nitrogens with zero attached hydrogens (tertiary/aromatic N) is 2. The third kappa shape index (κ3) is 3.29. The molecule has 0 aliphatic heterocycles. The first-order chi connectivity index (χ1) is 9.04. The molecule has 0 radical (unpaired) electrons. The average Bonchev–Trinajstić information content (AvgIpc) is 2.59. The van der Waals surface area contributed by atoms with Gasteiger partial charge in [0, 0.05) is 12.1 Å². The summed E-state index contributed by atoms with van der Waals surface area (Å²) in [7, 11) is 1.64. The molecule has 1 aromatic rings. The number of hydrogen-bond donors (Lipinski definition) is 1. The summed E-state index contributed by atoms with van der Waals surface area (Å²) in [6.07, 6.45) is 2.81. The molecule has 6 heteroatoms. The van der Waals surface area contributed by atoms with Gasteiger partial charge >= 0.3 is 6.18 Å². The van der Waals surface area contributed by atoms with E-state index in [1.165, 1.54) is 10.9 Å². The van der Waals surface area contributed by atoms with Gasteiger partial charge in [0.25, 0.3) is 0 Å². The van der Waals surface area contributed by atoms with Gasteiger partial charge in [0.1, 0.15) is 5.69 Å². The van der Waals surface area contributed by atoms with Crippen molar-refractivity contribution in [3.8, 4) is 0 Å². The molecule has 3 nitrogen and oxygen atoms in total. The van der Waals surface area contributed by atoms with E-state index >= 15 is 0 Å². The molecule has 2 rings (SSSR count). The van der Waals surface area contributed by atoms with Crippen molar-refractivity contribution in [1.82, 2.24) is 15.1 Å². The normalized spacial score (nSPS) is 18.5. The van der Waals surface area contributed by atoms with E-state index in [0.717, 1.165) is 38.5 Å². The first-order valence-corrected chi connectivity index (χ1v) is 6.82. The van der Waals surface area contributed by atoms with Crippen LogP contribution in [0, 0.1) is 0 Å². The average molecular weight is 275 g/mol. The maximum Gasteiger partial charge on any atom is 0.433 e. The molecule has 0 unspecified atom stereocenters. The quantitative estimate of drug-likeness (QED) is 0.855. The molecule has 1 saturated carbocycles. The number of halogens is 3. The fourth-order valence-electron chi connectivity index (χ4n) is 2.81. The highest BCUT2D eigenvalue weighted by molar-refractivity contribution is 5.21. The van der Waals surface area contributed by atoms with Crippen LogP contribution in [0.25, 0.3) is 0 Å². The van der Waals surface area contributed by atoms with E-state index in [1.807, 2.05) is 0 Å². The van der Waals surface area contributed by atoms with Crippen molar-refractivity contribution in [2.75, 3.05) is 7.05 Å². The van der Waals surface area contributed by atoms with Gasteiger partial charge in [0.05, 0.1) is 12.2 Å². The van der Waals surface area contributed by atoms with Crippen LogP contribution in [0.3, 0.4) is 0 Å². The fraction of sp³-hybridized carbons (Fsp3) is 0.769. The molecule has 1 aromatic heterocycles. The summed E-state index contributed by atoms with van der Waals surface area (Å²) in [5, 5.41) is 6.79. The predicted molar refractivity (Wildman–Crippen MR) is 66.7 cm³/mol. The van der Waals surface area contributed by atoms with Gasteiger partial charge in [-0.3, -0.25) is 4.68 Å². The molecule has 0 atom stereocenters. The molecule has 108 valence electrons. The molecule has 1 N–H and O–H groups in total. The highest BCUT2D eigenvalue weighted by atomic mass is 19.4. The minimum atomic E-state index is -4.34. The lowest BCUT2D eigenvalue weighted by Gasteiger charge is -2.20. The van der Waals surface area contributed by atoms with Gasteiger partial charge in [-0.2, -0.15) is 18.3 Å². The lowest BCUT2D eigenvalue weighted by Crippen LogP contribution is -2.21. The van der Waals surface area contributed by atoms with Crippen molar-refractivity contribution in [2.24, 2.45) is 0 Å². The van der Waals surface area contributed by atoms with Gasteiger partial charge in [-0.15, -0.1) is 0 Å². The lowest BCUT2D eigenvalue weighted by atomic mass is 10.1. The van der Waals surface area contributed by atoms with E-state index in [4.69, 9.17) is 0 Å². The van der Waals surface area contributed by atoms with Gasteiger partial charge in [-0.25, -0.2) is 0 Å². The van der Waals surface area contributed by atoms with Crippen LogP contribution in [-0.4, -0.2) is 16.8 Å². The third-order valence-corrected chi connectivity index (χ3v) is 3.68. The molecule has 0 amide bonds. The summed E-state index contributed by atoms with van der Waals surface area (Å²) in [6.45, 7) is 0.196. The Labute approximate surface area is 111 Å². The molecular formula is C13H20F3N3. The number of rotatable bonds is 3. The maximum absolute atomic E-state index is 13.2. The first-order valence-electron chi connectivity index (χ1n) is 6.82. The highest BCUT2D eigenvalue weighted by Gasteiger charge is 2.39. The Balaban J connectivity index is 2.33. The fourth-order valence-corrected chi connectivity index (χ4v) is 2.81. The van der Waals surface area contributed by atoms with Gasteiger partial charge in [-0.05, 0) is 19.9 Å². The Morgan fingerprint density at radius 2 is 1.89 bits per heavy atom. The lowest BCUT2D eigenvalue weighted by molar-refractivity contribution is -0.145. The topological polar surface area (TPSA) is 29.9 Å². The molecule has 1 aliphatic rings. The summed E-state index contributed by atoms with van der Waals surface area (Å²) < 4.78 is 40.9. The minimum Gasteiger partial charge on any atom is -0.316 e. The molecule has 1 fully saturated rings. The van der Waals surface area contributed by atoms with Gasteiger partial charge in [0.15, 0.2) is 0 Å². The molecule has 1 aliphatic carbocycles. The second-order valence-electron chi connectivity index (χ2n) is 5.14. The van der Waals surface area contributed by atoms with Crippen molar-refractivity contribution in [2.45, 2.75) is 57.3 Å². The second kappa shape index (κ2) is 5.94. The summed E-state index contributed by atoms with van der Waals surface area (Å²) in [5.41, 5.74) is -0.340. The molecular weight excluding hydrogens is 255 g/mol. The van der Waals surface area contributed by atoms with Crippen LogP contribution in [0.15, 0.2) is 6.20 Å². The van der Waals surface area contributed by atoms with Crippen LogP contribution < -0.4 is 5.32 Å². The van der Waals surface area contributed by atoms with Gasteiger partial charge < -0.3 is 5.32 Å². The second-order valence-corrected chi connectivity index (χ2v) is 5.14. The first kappa shape index (κ1) is 14.4. The van der Waals surface area contributed by atoms with E-state index in [2.05, 4.69) is 10.4 Å². The van der Waals surface area contributed by atoms with Crippen molar-refractivity contribution in [3.63, 3.8) is 0 Å². The van der Waals surface area contributed by atoms with E-state index in [1.54, 1.807) is 7.05 Å². The Morgan fingerprint density at radius 1 is 1.26 bits per heavy atom. The molecule has 0 spiro atoms. The molecule has 0 bridgehead atoms. The van der Waals surface area contributed by atoms with Crippen LogP contribution in [0.1, 0.15) is 55.8 Å². The Morgan fingerprint density at radius 3 is 2.42 bits per heavy atom. The summed E-state index contributed by atoms with van der Waals surface area (Å²) in [5.74, 6) is 0. The minimum absolute atomic E-state index is 0.107. The SMILES string of the molecule is CNCc1cnn(C2CCCCCC2)c1C(F)(F)F. The van der Waals surface area contributed by atoms with Crippen LogP contribution >= 0.6 is 0 Å². The smallest absolute Gasteiger partial charge is 0.316 e. The Bertz CT molecular complexity index is 404. The summed E-state index contributed by atoms with van der Waals surface area (Å²) in [6, 6.07) is -0.107. The number of hydrogen-bond acceptors (Lipinski definition) is 2. The zero-order chi connectivity index (χ0) is 13.9. The highest BCUT2D eigenvalue weighted by Crippen LogP contribution is 2.36. The van der Waals surface area contributed by atoms with Gasteiger partial charge in [0.2, 0.25) is 0 Å². The van der Waals surface area contributed by atoms with Crippen molar-refractivity contribution in [3.05, 3.63) is 17.5 Å². The van der Waals surface area contributed by atoms with E-state index in [9.17, 15) is 13.2 Å². The standard InChI is InChI=1S/C13H20F3N3/c1-17-8-10-9-18-19(12(10)13(14,15)16)11-6-4-2-3-5-7-11/h9,11,17H,2-8H2,1H3. The number of nitrogens with one attached hydrogen (secondary N) is 1. The Hall–Kier alpha value is -1.04. The largest absolute Gasteiger partial charge is 0.433 e. The third-order valence-electron chi connectivity index (χ3n) is 3.68. The van der Waals surface area contributed by atoms with Crippen LogP contribution in [0.5, 0.6) is 0 Å². The molecule has 1 heterocycles. The van der Waals surface area contributed by atoms with Crippen molar-refractivity contribution < 1.29 is 13.2 Å². The van der Waals surface area contributed by atoms with E-state index < -0.39 is 11.9 Å². The van der Waals surface area contributed by atoms with E-state index in [-0.39, 0.29) is 18.2 Å². The summed E-state index contributed by atoms with van der Waals surface area (Å²) >= 11 is 0. The maximum atomic E-state index is 13.2. The van der Waals surface area contributed by atoms with Crippen molar-refractivity contribution >= 4 is 0 Å². The summed E-state index contributed by atoms with van der Waals surface area (Å²) in [4.78, 5) is 0. The van der Waals surface area contributed by atoms with Crippen LogP contribution in [0.2, 0.25) is 0 Å². The predicted octanol–water partition coefficient (Wildman–Crippen LogP) is 3.52. The van der Waals surface area contributed by atoms with Crippen LogP contribution in [-0.2, 0) is 12.7 Å². The van der Waals surface area contributed by atoms with Gasteiger partial charge in [-0.1, -0.05) is 25.7 Å². The van der Waals surface area contributed by atoms with E-state index in [0.29, 0.717) is 0 Å². The van der Waals surface area contributed by atoms with Crippen molar-refractivity contribution in [1.29, 1.82) is 0 Å². The monoisotopic (exact) mass is 275 g/mol. The van der Waals surface area contributed by atoms with Crippen LogP contribution in [0.4, 0.5) is 13.2 Å². The zero-order valence-corrected chi connectivity index (χ0v) is 11.1. The molecule has 0 saturated heterocycles. The number of alkyl halides is 3. The zero-order valence-electron chi connectivity index (χ0n) is 11.1. The molecule has 0 aromatic carbocycles. The Kier molecular flexibility index (Phi) is 4.50. The number of aromatic nitrogens is 2.